The second kappa shape index (κ2) is 19.9. The monoisotopic (exact) mass is 517 g/mol. The minimum absolute atomic E-state index is 0.190. The highest BCUT2D eigenvalue weighted by molar-refractivity contribution is 5.82. The van der Waals surface area contributed by atoms with Gasteiger partial charge in [-0.2, -0.15) is 0 Å². The number of rotatable bonds is 19. The Morgan fingerprint density at radius 2 is 1.70 bits per heavy atom. The molecule has 0 rings (SSSR count). The number of unbranched alkanes of at least 4 members (excludes halogenated alkanes) is 1. The van der Waals surface area contributed by atoms with Crippen LogP contribution < -0.4 is 5.73 Å². The number of nitrogens with two attached hydrogens (primary N) is 1. The highest BCUT2D eigenvalue weighted by atomic mass is 16.6. The summed E-state index contributed by atoms with van der Waals surface area (Å²) in [5.74, 6) is -0.660. The summed E-state index contributed by atoms with van der Waals surface area (Å²) in [7, 11) is 0. The SMILES string of the molecule is C=C[C@@H](O)CCC/C=C/C(=O)O[C@H](C/C(C)=C/C=C/CC[C@H](OC(N)=O)[C@@H](O)C=C)[C@H](C)/C=C(\C)C=O. The van der Waals surface area contributed by atoms with Gasteiger partial charge in [-0.05, 0) is 51.5 Å². The lowest BCUT2D eigenvalue weighted by atomic mass is 9.96. The number of carbonyl (C=O) groups is 3. The maximum atomic E-state index is 12.4. The molecular weight excluding hydrogens is 474 g/mol. The standard InChI is InChI=1S/C29H43NO7/c1-6-24(32)15-11-9-13-17-28(34)36-27(23(5)18-22(4)20-31)19-21(3)14-10-8-12-16-26(25(33)7-2)37-29(30)35/h6-8,10,13-14,17-18,20,23-27,32-33H,1-2,9,11-12,15-16,19H2,3-5H3,(H2,30,35)/b10-8+,17-13+,21-14+,22-18+/t23-,24-,25+,26+,27-/m1/s1. The fraction of sp³-hybridized carbons (Fsp3) is 0.483. The predicted molar refractivity (Wildman–Crippen MR) is 145 cm³/mol. The minimum Gasteiger partial charge on any atom is -0.458 e. The third kappa shape index (κ3) is 17.0. The average Bonchev–Trinajstić information content (AvgIpc) is 2.85. The van der Waals surface area contributed by atoms with Gasteiger partial charge >= 0.3 is 12.1 Å². The molecule has 0 saturated heterocycles. The number of hydrogen-bond acceptors (Lipinski definition) is 7. The van der Waals surface area contributed by atoms with Gasteiger partial charge in [0.15, 0.2) is 0 Å². The molecule has 0 spiro atoms. The molecule has 0 unspecified atom stereocenters. The molecule has 5 atom stereocenters. The lowest BCUT2D eigenvalue weighted by Crippen LogP contribution is -2.32. The third-order valence-electron chi connectivity index (χ3n) is 5.51. The number of carbonyl (C=O) groups excluding carboxylic acids is 3. The molecule has 206 valence electrons. The number of hydrogen-bond donors (Lipinski definition) is 3. The Balaban J connectivity index is 5.11. The van der Waals surface area contributed by atoms with E-state index in [-0.39, 0.29) is 5.92 Å². The zero-order valence-corrected chi connectivity index (χ0v) is 22.3. The first-order valence-electron chi connectivity index (χ1n) is 12.4. The van der Waals surface area contributed by atoms with E-state index in [2.05, 4.69) is 13.2 Å². The summed E-state index contributed by atoms with van der Waals surface area (Å²) in [5.41, 5.74) is 6.56. The molecule has 8 heteroatoms. The summed E-state index contributed by atoms with van der Waals surface area (Å²) in [5, 5.41) is 19.3. The van der Waals surface area contributed by atoms with Crippen molar-refractivity contribution < 1.29 is 34.1 Å². The second-order valence-electron chi connectivity index (χ2n) is 8.92. The van der Waals surface area contributed by atoms with Crippen molar-refractivity contribution >= 4 is 18.3 Å². The zero-order valence-electron chi connectivity index (χ0n) is 22.3. The predicted octanol–water partition coefficient (Wildman–Crippen LogP) is 4.64. The van der Waals surface area contributed by atoms with Gasteiger partial charge in [0.05, 0.1) is 6.10 Å². The summed E-state index contributed by atoms with van der Waals surface area (Å²) < 4.78 is 10.6. The number of aliphatic hydroxyl groups excluding tert-OH is 2. The molecule has 0 aromatic carbocycles. The fourth-order valence-electron chi connectivity index (χ4n) is 3.40. The Labute approximate surface area is 220 Å². The van der Waals surface area contributed by atoms with Crippen molar-refractivity contribution in [3.05, 3.63) is 72.9 Å². The molecule has 1 amide bonds. The summed E-state index contributed by atoms with van der Waals surface area (Å²) in [6.07, 6.45) is 13.5. The van der Waals surface area contributed by atoms with Crippen LogP contribution in [0.2, 0.25) is 0 Å². The molecule has 0 aliphatic rings. The van der Waals surface area contributed by atoms with Crippen LogP contribution in [-0.4, -0.2) is 53.0 Å². The van der Waals surface area contributed by atoms with Crippen molar-refractivity contribution in [3.63, 3.8) is 0 Å². The van der Waals surface area contributed by atoms with Crippen LogP contribution in [0.25, 0.3) is 0 Å². The number of aliphatic hydroxyl groups is 2. The van der Waals surface area contributed by atoms with Crippen molar-refractivity contribution in [1.82, 2.24) is 0 Å². The fourth-order valence-corrected chi connectivity index (χ4v) is 3.40. The van der Waals surface area contributed by atoms with E-state index in [0.717, 1.165) is 11.9 Å². The van der Waals surface area contributed by atoms with Gasteiger partial charge in [-0.3, -0.25) is 4.79 Å². The van der Waals surface area contributed by atoms with E-state index in [1.54, 1.807) is 19.1 Å². The lowest BCUT2D eigenvalue weighted by molar-refractivity contribution is -0.144. The smallest absolute Gasteiger partial charge is 0.404 e. The average molecular weight is 518 g/mol. The highest BCUT2D eigenvalue weighted by Gasteiger charge is 2.20. The Morgan fingerprint density at radius 1 is 1.00 bits per heavy atom. The first-order chi connectivity index (χ1) is 17.5. The maximum absolute atomic E-state index is 12.4. The van der Waals surface area contributed by atoms with Gasteiger partial charge in [-0.1, -0.05) is 55.0 Å². The summed E-state index contributed by atoms with van der Waals surface area (Å²) in [6.45, 7) is 12.5. The van der Waals surface area contributed by atoms with Crippen LogP contribution in [0.5, 0.6) is 0 Å². The number of allylic oxidation sites excluding steroid dienone is 5. The zero-order chi connectivity index (χ0) is 28.2. The van der Waals surface area contributed by atoms with E-state index in [9.17, 15) is 24.6 Å². The van der Waals surface area contributed by atoms with Gasteiger partial charge in [0.1, 0.15) is 24.6 Å². The molecule has 0 fully saturated rings. The van der Waals surface area contributed by atoms with Gasteiger partial charge in [0, 0.05) is 18.4 Å². The number of ether oxygens (including phenoxy) is 2. The van der Waals surface area contributed by atoms with Crippen LogP contribution in [0.3, 0.4) is 0 Å². The molecule has 0 aliphatic heterocycles. The van der Waals surface area contributed by atoms with E-state index in [4.69, 9.17) is 15.2 Å². The normalized spacial score (nSPS) is 16.6. The molecule has 0 heterocycles. The molecule has 0 aromatic heterocycles. The largest absolute Gasteiger partial charge is 0.458 e. The van der Waals surface area contributed by atoms with Crippen molar-refractivity contribution in [1.29, 1.82) is 0 Å². The topological polar surface area (TPSA) is 136 Å². The van der Waals surface area contributed by atoms with Gasteiger partial charge in [-0.25, -0.2) is 9.59 Å². The van der Waals surface area contributed by atoms with Crippen LogP contribution in [0.15, 0.2) is 72.9 Å². The Hall–Kier alpha value is -3.23. The van der Waals surface area contributed by atoms with E-state index < -0.39 is 36.5 Å². The van der Waals surface area contributed by atoms with Gasteiger partial charge in [-0.15, -0.1) is 13.2 Å². The molecule has 0 aromatic rings. The Morgan fingerprint density at radius 3 is 2.30 bits per heavy atom. The summed E-state index contributed by atoms with van der Waals surface area (Å²) in [6, 6.07) is 0. The van der Waals surface area contributed by atoms with Crippen LogP contribution in [0, 0.1) is 5.92 Å². The molecule has 0 saturated carbocycles. The molecule has 0 aliphatic carbocycles. The first-order valence-corrected chi connectivity index (χ1v) is 12.4. The third-order valence-corrected chi connectivity index (χ3v) is 5.51. The minimum atomic E-state index is -1.01. The first kappa shape index (κ1) is 33.8. The molecule has 37 heavy (non-hydrogen) atoms. The van der Waals surface area contributed by atoms with Crippen LogP contribution in [-0.2, 0) is 19.1 Å². The Bertz CT molecular complexity index is 856. The van der Waals surface area contributed by atoms with Crippen molar-refractivity contribution in [2.24, 2.45) is 11.7 Å². The van der Waals surface area contributed by atoms with Crippen LogP contribution >= 0.6 is 0 Å². The second-order valence-corrected chi connectivity index (χ2v) is 8.92. The molecule has 4 N–H and O–H groups in total. The number of aldehydes is 1. The van der Waals surface area contributed by atoms with Crippen LogP contribution in [0.1, 0.15) is 59.3 Å². The van der Waals surface area contributed by atoms with E-state index >= 15 is 0 Å². The molecular formula is C29H43NO7. The van der Waals surface area contributed by atoms with E-state index in [1.165, 1.54) is 18.2 Å². The molecule has 0 bridgehead atoms. The van der Waals surface area contributed by atoms with E-state index in [0.29, 0.717) is 44.1 Å². The molecule has 8 nitrogen and oxygen atoms in total. The summed E-state index contributed by atoms with van der Waals surface area (Å²) >= 11 is 0. The van der Waals surface area contributed by atoms with Gasteiger partial charge in [0.25, 0.3) is 0 Å². The van der Waals surface area contributed by atoms with Gasteiger partial charge in [0.2, 0.25) is 0 Å². The Kier molecular flexibility index (Phi) is 18.2. The quantitative estimate of drug-likeness (QED) is 0.0567. The number of amides is 1. The van der Waals surface area contributed by atoms with Crippen LogP contribution in [0.4, 0.5) is 4.79 Å². The maximum Gasteiger partial charge on any atom is 0.404 e. The van der Waals surface area contributed by atoms with Gasteiger partial charge < -0.3 is 25.4 Å². The lowest BCUT2D eigenvalue weighted by Gasteiger charge is -2.22. The molecule has 0 radical (unpaired) electrons. The van der Waals surface area contributed by atoms with Crippen molar-refractivity contribution in [2.75, 3.05) is 0 Å². The highest BCUT2D eigenvalue weighted by Crippen LogP contribution is 2.20. The number of esters is 1. The van der Waals surface area contributed by atoms with Crippen molar-refractivity contribution in [3.8, 4) is 0 Å². The summed E-state index contributed by atoms with van der Waals surface area (Å²) in [4.78, 5) is 34.5. The van der Waals surface area contributed by atoms with E-state index in [1.807, 2.05) is 32.1 Å². The van der Waals surface area contributed by atoms with Crippen molar-refractivity contribution in [2.45, 2.75) is 83.7 Å². The number of primary amides is 1.